The van der Waals surface area contributed by atoms with Gasteiger partial charge in [-0.2, -0.15) is 9.84 Å². The molecule has 0 aliphatic carbocycles. The maximum atomic E-state index is 13.5. The van der Waals surface area contributed by atoms with Gasteiger partial charge in [0.05, 0.1) is 11.1 Å². The van der Waals surface area contributed by atoms with Crippen LogP contribution in [-0.2, 0) is 20.6 Å². The van der Waals surface area contributed by atoms with E-state index in [1.54, 1.807) is 68.4 Å². The van der Waals surface area contributed by atoms with Gasteiger partial charge in [0.25, 0.3) is 17.4 Å². The molecule has 0 bridgehead atoms. The predicted octanol–water partition coefficient (Wildman–Crippen LogP) is 5.23. The molecule has 0 aliphatic heterocycles. The van der Waals surface area contributed by atoms with Gasteiger partial charge in [0.15, 0.2) is 11.5 Å². The molecule has 11 nitrogen and oxygen atoms in total. The lowest BCUT2D eigenvalue weighted by molar-refractivity contribution is 0.101. The minimum Gasteiger partial charge on any atom is -0.381 e. The summed E-state index contributed by atoms with van der Waals surface area (Å²) in [6, 6.07) is 20.0. The molecule has 0 saturated carbocycles. The Bertz CT molecular complexity index is 2060. The van der Waals surface area contributed by atoms with Crippen molar-refractivity contribution in [3.8, 4) is 22.4 Å². The number of pyridine rings is 1. The largest absolute Gasteiger partial charge is 0.381 e. The summed E-state index contributed by atoms with van der Waals surface area (Å²) in [6.45, 7) is 4.37. The molecular weight excluding hydrogens is 546 g/mol. The summed E-state index contributed by atoms with van der Waals surface area (Å²) in [5, 5.41) is 10.7. The Morgan fingerprint density at radius 2 is 1.70 bits per heavy atom. The van der Waals surface area contributed by atoms with E-state index in [0.717, 1.165) is 22.2 Å². The summed E-state index contributed by atoms with van der Waals surface area (Å²) in [4.78, 5) is 43.3. The number of carbonyl (C=O) groups excluding carboxylic acids is 2. The number of aromatic nitrogens is 5. The third-order valence-electron chi connectivity index (χ3n) is 7.27. The molecule has 0 atom stereocenters. The van der Waals surface area contributed by atoms with Crippen LogP contribution in [0.5, 0.6) is 0 Å². The minimum absolute atomic E-state index is 0.186. The normalized spacial score (nSPS) is 11.2. The highest BCUT2D eigenvalue weighted by molar-refractivity contribution is 6.12. The van der Waals surface area contributed by atoms with Crippen LogP contribution in [0.15, 0.2) is 88.4 Å². The van der Waals surface area contributed by atoms with Crippen LogP contribution in [0.1, 0.15) is 33.5 Å². The van der Waals surface area contributed by atoms with E-state index in [-0.39, 0.29) is 17.2 Å². The van der Waals surface area contributed by atoms with Crippen LogP contribution < -0.4 is 16.2 Å². The minimum atomic E-state index is -0.395. The number of hydrogen-bond donors (Lipinski definition) is 2. The zero-order valence-corrected chi connectivity index (χ0v) is 24.1. The van der Waals surface area contributed by atoms with Crippen molar-refractivity contribution in [1.29, 1.82) is 0 Å². The molecule has 4 aromatic heterocycles. The molecular formula is C32H29N7O4. The number of nitrogens with one attached hydrogen (secondary N) is 2. The molecule has 11 heteroatoms. The highest BCUT2D eigenvalue weighted by Crippen LogP contribution is 2.32. The van der Waals surface area contributed by atoms with E-state index < -0.39 is 5.91 Å². The Morgan fingerprint density at radius 1 is 0.930 bits per heavy atom. The number of fused-ring (bicyclic) bond motifs is 1. The Balaban J connectivity index is 1.29. The second-order valence-electron chi connectivity index (χ2n) is 10.1. The van der Waals surface area contributed by atoms with Crippen LogP contribution in [0.4, 0.5) is 11.5 Å². The second-order valence-corrected chi connectivity index (χ2v) is 10.1. The van der Waals surface area contributed by atoms with Gasteiger partial charge in [0, 0.05) is 61.4 Å². The maximum Gasteiger partial charge on any atom is 0.290 e. The topological polar surface area (TPSA) is 129 Å². The quantitative estimate of drug-likeness (QED) is 0.268. The second kappa shape index (κ2) is 10.9. The van der Waals surface area contributed by atoms with Crippen molar-refractivity contribution in [3.63, 3.8) is 0 Å². The molecule has 0 unspecified atom stereocenters. The molecule has 6 aromatic rings. The average molecular weight is 576 g/mol. The summed E-state index contributed by atoms with van der Waals surface area (Å²) >= 11 is 0. The van der Waals surface area contributed by atoms with E-state index in [2.05, 4.69) is 20.7 Å². The number of nitrogens with zero attached hydrogens (tertiary/aromatic N) is 5. The lowest BCUT2D eigenvalue weighted by Gasteiger charge is -2.12. The third kappa shape index (κ3) is 5.12. The molecule has 0 saturated heterocycles. The van der Waals surface area contributed by atoms with Gasteiger partial charge in [-0.3, -0.25) is 19.1 Å². The molecule has 4 heterocycles. The van der Waals surface area contributed by atoms with Crippen molar-refractivity contribution in [1.82, 2.24) is 24.1 Å². The lowest BCUT2D eigenvalue weighted by atomic mass is 10.0. The summed E-state index contributed by atoms with van der Waals surface area (Å²) < 4.78 is 10.3. The van der Waals surface area contributed by atoms with E-state index in [9.17, 15) is 14.4 Å². The van der Waals surface area contributed by atoms with Crippen LogP contribution >= 0.6 is 0 Å². The molecule has 216 valence electrons. The smallest absolute Gasteiger partial charge is 0.290 e. The van der Waals surface area contributed by atoms with E-state index in [0.29, 0.717) is 40.5 Å². The summed E-state index contributed by atoms with van der Waals surface area (Å²) in [7, 11) is 3.35. The van der Waals surface area contributed by atoms with Crippen LogP contribution in [0.25, 0.3) is 33.3 Å². The Kier molecular flexibility index (Phi) is 6.98. The third-order valence-corrected chi connectivity index (χ3v) is 7.27. The van der Waals surface area contributed by atoms with E-state index >= 15 is 0 Å². The Labute approximate surface area is 246 Å². The fourth-order valence-electron chi connectivity index (χ4n) is 5.28. The van der Waals surface area contributed by atoms with Gasteiger partial charge >= 0.3 is 0 Å². The van der Waals surface area contributed by atoms with Crippen LogP contribution in [0.2, 0.25) is 0 Å². The summed E-state index contributed by atoms with van der Waals surface area (Å²) in [5.41, 5.74) is 4.76. The van der Waals surface area contributed by atoms with E-state index in [1.807, 2.05) is 47.9 Å². The molecule has 2 N–H and O–H groups in total. The summed E-state index contributed by atoms with van der Waals surface area (Å²) in [6.07, 6.45) is 3.34. The van der Waals surface area contributed by atoms with Gasteiger partial charge < -0.3 is 19.7 Å². The zero-order chi connectivity index (χ0) is 30.2. The number of amides is 2. The highest BCUT2D eigenvalue weighted by atomic mass is 16.5. The first-order chi connectivity index (χ1) is 20.7. The van der Waals surface area contributed by atoms with Crippen molar-refractivity contribution in [2.45, 2.75) is 20.4 Å². The lowest BCUT2D eigenvalue weighted by Crippen LogP contribution is -2.17. The van der Waals surface area contributed by atoms with E-state index in [4.69, 9.17) is 4.52 Å². The van der Waals surface area contributed by atoms with Gasteiger partial charge in [-0.1, -0.05) is 30.3 Å². The van der Waals surface area contributed by atoms with Crippen molar-refractivity contribution in [2.24, 2.45) is 14.1 Å². The van der Waals surface area contributed by atoms with Crippen molar-refractivity contribution >= 4 is 34.2 Å². The van der Waals surface area contributed by atoms with Gasteiger partial charge in [0.1, 0.15) is 5.76 Å². The molecule has 0 radical (unpaired) electrons. The highest BCUT2D eigenvalue weighted by Gasteiger charge is 2.20. The number of carbonyl (C=O) groups is 2. The van der Waals surface area contributed by atoms with Gasteiger partial charge in [0.2, 0.25) is 0 Å². The molecule has 2 aromatic carbocycles. The fourth-order valence-corrected chi connectivity index (χ4v) is 5.28. The van der Waals surface area contributed by atoms with E-state index in [1.165, 1.54) is 4.74 Å². The zero-order valence-electron chi connectivity index (χ0n) is 24.1. The molecule has 2 amide bonds. The monoisotopic (exact) mass is 575 g/mol. The number of benzene rings is 2. The van der Waals surface area contributed by atoms with Crippen LogP contribution in [-0.4, -0.2) is 35.9 Å². The predicted molar refractivity (Wildman–Crippen MR) is 164 cm³/mol. The molecule has 6 rings (SSSR count). The molecule has 0 spiro atoms. The number of rotatable bonds is 7. The number of hydrogen-bond acceptors (Lipinski definition) is 6. The Hall–Kier alpha value is -5.71. The first-order valence-corrected chi connectivity index (χ1v) is 13.7. The fraction of sp³-hybridized carbons (Fsp3) is 0.156. The van der Waals surface area contributed by atoms with Gasteiger partial charge in [-0.25, -0.2) is 4.98 Å². The number of anilines is 2. The van der Waals surface area contributed by atoms with Gasteiger partial charge in [-0.05, 0) is 55.3 Å². The van der Waals surface area contributed by atoms with Crippen LogP contribution in [0, 0.1) is 6.92 Å². The SMILES string of the molecule is CCn1c(-c2ccc(-c3c(C)on(C)c3=O)cc2)cc2ccnc(C(=O)Nc3cccc(C(=O)Nc4ccn(C)n4)c3)c21. The van der Waals surface area contributed by atoms with Crippen molar-refractivity contribution in [2.75, 3.05) is 10.6 Å². The van der Waals surface area contributed by atoms with Crippen LogP contribution in [0.3, 0.4) is 0 Å². The first-order valence-electron chi connectivity index (χ1n) is 13.7. The molecule has 0 aliphatic rings. The Morgan fingerprint density at radius 3 is 2.37 bits per heavy atom. The average Bonchev–Trinajstić information content (AvgIpc) is 3.66. The molecule has 43 heavy (non-hydrogen) atoms. The molecule has 0 fully saturated rings. The first kappa shape index (κ1) is 27.5. The van der Waals surface area contributed by atoms with Crippen molar-refractivity contribution in [3.05, 3.63) is 106 Å². The standard InChI is InChI=1S/C32H29N7O4/c1-5-39-25(20-9-11-21(12-10-20)27-19(2)43-38(4)32(27)42)18-22-13-15-33-28(29(22)39)31(41)34-24-8-6-7-23(17-24)30(40)35-26-14-16-37(3)36-26/h6-18H,5H2,1-4H3,(H,34,41)(H,35,36,40). The maximum absolute atomic E-state index is 13.5. The van der Waals surface area contributed by atoms with Gasteiger partial charge in [-0.15, -0.1) is 0 Å². The number of aryl methyl sites for hydroxylation is 4. The van der Waals surface area contributed by atoms with Crippen molar-refractivity contribution < 1.29 is 14.1 Å². The summed E-state index contributed by atoms with van der Waals surface area (Å²) in [5.74, 6) is 0.260.